The van der Waals surface area contributed by atoms with Crippen molar-refractivity contribution in [2.24, 2.45) is 0 Å². The summed E-state index contributed by atoms with van der Waals surface area (Å²) in [4.78, 5) is 30.6. The SMILES string of the molecule is O=C(NCc1ccncc1)C(=O)NC[C@@H](c1ccco1)N1CCc2ccccc21. The van der Waals surface area contributed by atoms with E-state index in [0.29, 0.717) is 0 Å². The van der Waals surface area contributed by atoms with Crippen molar-refractivity contribution in [1.29, 1.82) is 0 Å². The summed E-state index contributed by atoms with van der Waals surface area (Å²) in [6.45, 7) is 1.37. The number of para-hydroxylation sites is 1. The van der Waals surface area contributed by atoms with Crippen LogP contribution in [0.4, 0.5) is 5.69 Å². The van der Waals surface area contributed by atoms with Crippen LogP contribution in [0.25, 0.3) is 0 Å². The van der Waals surface area contributed by atoms with Gasteiger partial charge in [0.1, 0.15) is 11.8 Å². The van der Waals surface area contributed by atoms with E-state index < -0.39 is 11.8 Å². The van der Waals surface area contributed by atoms with Crippen LogP contribution in [-0.2, 0) is 22.6 Å². The molecule has 0 spiro atoms. The van der Waals surface area contributed by atoms with E-state index in [4.69, 9.17) is 4.42 Å². The summed E-state index contributed by atoms with van der Waals surface area (Å²) in [6, 6.07) is 15.3. The molecular formula is C22H22N4O3. The Morgan fingerprint density at radius 2 is 1.83 bits per heavy atom. The third kappa shape index (κ3) is 4.29. The minimum Gasteiger partial charge on any atom is -0.467 e. The first kappa shape index (κ1) is 18.7. The molecule has 29 heavy (non-hydrogen) atoms. The molecule has 0 unspecified atom stereocenters. The molecule has 0 saturated heterocycles. The molecule has 2 N–H and O–H groups in total. The van der Waals surface area contributed by atoms with Gasteiger partial charge in [0.25, 0.3) is 0 Å². The molecule has 0 bridgehead atoms. The number of hydrogen-bond donors (Lipinski definition) is 2. The number of furan rings is 1. The Kier molecular flexibility index (Phi) is 5.56. The Bertz CT molecular complexity index is 973. The number of hydrogen-bond acceptors (Lipinski definition) is 5. The summed E-state index contributed by atoms with van der Waals surface area (Å²) in [5.74, 6) is -0.580. The molecule has 148 valence electrons. The lowest BCUT2D eigenvalue weighted by Crippen LogP contribution is -2.43. The van der Waals surface area contributed by atoms with E-state index in [9.17, 15) is 9.59 Å². The van der Waals surface area contributed by atoms with Crippen molar-refractivity contribution in [3.63, 3.8) is 0 Å². The number of nitrogens with one attached hydrogen (secondary N) is 2. The number of fused-ring (bicyclic) bond motifs is 1. The molecule has 2 aromatic heterocycles. The Balaban J connectivity index is 1.40. The topological polar surface area (TPSA) is 87.5 Å². The second-order valence-corrected chi connectivity index (χ2v) is 6.85. The lowest BCUT2D eigenvalue weighted by molar-refractivity contribution is -0.139. The quantitative estimate of drug-likeness (QED) is 0.630. The normalized spacial score (nSPS) is 13.6. The van der Waals surface area contributed by atoms with Gasteiger partial charge in [-0.1, -0.05) is 18.2 Å². The van der Waals surface area contributed by atoms with Gasteiger partial charge in [-0.2, -0.15) is 0 Å². The maximum absolute atomic E-state index is 12.3. The van der Waals surface area contributed by atoms with Gasteiger partial charge in [0.15, 0.2) is 0 Å². The van der Waals surface area contributed by atoms with Gasteiger partial charge in [0.2, 0.25) is 0 Å². The minimum atomic E-state index is -0.665. The van der Waals surface area contributed by atoms with E-state index in [2.05, 4.69) is 32.7 Å². The fourth-order valence-electron chi connectivity index (χ4n) is 3.57. The molecular weight excluding hydrogens is 368 g/mol. The van der Waals surface area contributed by atoms with Crippen molar-refractivity contribution >= 4 is 17.5 Å². The molecule has 0 aliphatic carbocycles. The van der Waals surface area contributed by atoms with E-state index in [1.807, 2.05) is 24.3 Å². The van der Waals surface area contributed by atoms with E-state index >= 15 is 0 Å². The number of carbonyl (C=O) groups is 2. The predicted molar refractivity (Wildman–Crippen MR) is 108 cm³/mol. The Labute approximate surface area is 168 Å². The lowest BCUT2D eigenvalue weighted by Gasteiger charge is -2.29. The summed E-state index contributed by atoms with van der Waals surface area (Å²) >= 11 is 0. The van der Waals surface area contributed by atoms with Crippen molar-refractivity contribution in [1.82, 2.24) is 15.6 Å². The third-order valence-electron chi connectivity index (χ3n) is 5.04. The highest BCUT2D eigenvalue weighted by Crippen LogP contribution is 2.34. The zero-order valence-corrected chi connectivity index (χ0v) is 15.9. The Hall–Kier alpha value is -3.61. The number of carbonyl (C=O) groups excluding carboxylic acids is 2. The molecule has 0 radical (unpaired) electrons. The van der Waals surface area contributed by atoms with Crippen molar-refractivity contribution in [3.05, 3.63) is 84.1 Å². The van der Waals surface area contributed by atoms with Gasteiger partial charge in [-0.25, -0.2) is 0 Å². The molecule has 1 aliphatic heterocycles. The molecule has 0 saturated carbocycles. The molecule has 4 rings (SSSR count). The smallest absolute Gasteiger partial charge is 0.309 e. The average Bonchev–Trinajstić information content (AvgIpc) is 3.44. The molecule has 1 aliphatic rings. The Morgan fingerprint density at radius 3 is 2.62 bits per heavy atom. The van der Waals surface area contributed by atoms with Crippen molar-refractivity contribution < 1.29 is 14.0 Å². The number of nitrogens with zero attached hydrogens (tertiary/aromatic N) is 2. The van der Waals surface area contributed by atoms with Gasteiger partial charge in [-0.05, 0) is 47.9 Å². The summed E-state index contributed by atoms with van der Waals surface area (Å²) in [5, 5.41) is 5.38. The molecule has 1 atom stereocenters. The first-order chi connectivity index (χ1) is 14.2. The number of amides is 2. The van der Waals surface area contributed by atoms with Gasteiger partial charge < -0.3 is 20.0 Å². The van der Waals surface area contributed by atoms with Crippen molar-refractivity contribution in [2.45, 2.75) is 19.0 Å². The number of rotatable bonds is 6. The summed E-state index contributed by atoms with van der Waals surface area (Å²) < 4.78 is 5.62. The summed E-state index contributed by atoms with van der Waals surface area (Å²) in [7, 11) is 0. The molecule has 3 heterocycles. The van der Waals surface area contributed by atoms with Crippen LogP contribution in [0.1, 0.15) is 22.9 Å². The maximum atomic E-state index is 12.3. The van der Waals surface area contributed by atoms with Crippen LogP contribution in [0.15, 0.2) is 71.6 Å². The van der Waals surface area contributed by atoms with Crippen molar-refractivity contribution in [2.75, 3.05) is 18.0 Å². The average molecular weight is 390 g/mol. The maximum Gasteiger partial charge on any atom is 0.309 e. The molecule has 0 fully saturated rings. The fraction of sp³-hybridized carbons (Fsp3) is 0.227. The van der Waals surface area contributed by atoms with E-state index in [0.717, 1.165) is 30.0 Å². The third-order valence-corrected chi connectivity index (χ3v) is 5.04. The van der Waals surface area contributed by atoms with Crippen LogP contribution in [0.2, 0.25) is 0 Å². The lowest BCUT2D eigenvalue weighted by atomic mass is 10.1. The molecule has 7 nitrogen and oxygen atoms in total. The highest BCUT2D eigenvalue weighted by molar-refractivity contribution is 6.35. The van der Waals surface area contributed by atoms with Crippen molar-refractivity contribution in [3.8, 4) is 0 Å². The van der Waals surface area contributed by atoms with Crippen LogP contribution in [0.3, 0.4) is 0 Å². The van der Waals surface area contributed by atoms with Crippen LogP contribution in [0, 0.1) is 0 Å². The number of aromatic nitrogens is 1. The first-order valence-corrected chi connectivity index (χ1v) is 9.55. The standard InChI is InChI=1S/C22H22N4O3/c27-21(24-14-16-7-10-23-11-8-16)22(28)25-15-19(20-6-3-13-29-20)26-12-9-17-4-1-2-5-18(17)26/h1-8,10-11,13,19H,9,12,14-15H2,(H,24,27)(H,25,28)/t19-/m0/s1. The van der Waals surface area contributed by atoms with Crippen LogP contribution >= 0.6 is 0 Å². The van der Waals surface area contributed by atoms with Gasteiger partial charge in [0.05, 0.1) is 6.26 Å². The molecule has 1 aromatic carbocycles. The highest BCUT2D eigenvalue weighted by atomic mass is 16.3. The monoisotopic (exact) mass is 390 g/mol. The minimum absolute atomic E-state index is 0.189. The van der Waals surface area contributed by atoms with Gasteiger partial charge >= 0.3 is 11.8 Å². The van der Waals surface area contributed by atoms with Gasteiger partial charge in [-0.15, -0.1) is 0 Å². The predicted octanol–water partition coefficient (Wildman–Crippen LogP) is 2.21. The second kappa shape index (κ2) is 8.60. The molecule has 3 aromatic rings. The van der Waals surface area contributed by atoms with E-state index in [-0.39, 0.29) is 19.1 Å². The molecule has 7 heteroatoms. The largest absolute Gasteiger partial charge is 0.467 e. The summed E-state index contributed by atoms with van der Waals surface area (Å²) in [6.07, 6.45) is 5.84. The van der Waals surface area contributed by atoms with E-state index in [1.165, 1.54) is 5.56 Å². The number of pyridine rings is 1. The van der Waals surface area contributed by atoms with Gasteiger partial charge in [-0.3, -0.25) is 14.6 Å². The van der Waals surface area contributed by atoms with Crippen LogP contribution in [0.5, 0.6) is 0 Å². The number of anilines is 1. The van der Waals surface area contributed by atoms with E-state index in [1.54, 1.807) is 30.8 Å². The summed E-state index contributed by atoms with van der Waals surface area (Å²) in [5.41, 5.74) is 3.28. The van der Waals surface area contributed by atoms with Gasteiger partial charge in [0, 0.05) is 37.7 Å². The zero-order chi connectivity index (χ0) is 20.1. The van der Waals surface area contributed by atoms with Crippen LogP contribution < -0.4 is 15.5 Å². The second-order valence-electron chi connectivity index (χ2n) is 6.85. The Morgan fingerprint density at radius 1 is 1.03 bits per heavy atom. The van der Waals surface area contributed by atoms with Crippen LogP contribution in [-0.4, -0.2) is 29.9 Å². The highest BCUT2D eigenvalue weighted by Gasteiger charge is 2.29. The molecule has 2 amide bonds. The fourth-order valence-corrected chi connectivity index (χ4v) is 3.57. The number of benzene rings is 1. The first-order valence-electron chi connectivity index (χ1n) is 9.55. The zero-order valence-electron chi connectivity index (χ0n) is 15.9.